The molecule has 0 spiro atoms. The molecular weight excluding hydrogens is 194 g/mol. The summed E-state index contributed by atoms with van der Waals surface area (Å²) < 4.78 is 0. The monoisotopic (exact) mass is 209 g/mol. The highest BCUT2D eigenvalue weighted by Crippen LogP contribution is 2.26. The fraction of sp³-hybridized carbons (Fsp3) is 0.455. The topological polar surface area (TPSA) is 32.3 Å². The van der Waals surface area contributed by atoms with Gasteiger partial charge in [-0.05, 0) is 19.0 Å². The maximum atomic E-state index is 9.56. The predicted octanol–water partition coefficient (Wildman–Crippen LogP) is 1.99. The first-order valence-corrected chi connectivity index (χ1v) is 6.00. The minimum atomic E-state index is 0.422. The molecule has 14 heavy (non-hydrogen) atoms. The van der Waals surface area contributed by atoms with Gasteiger partial charge in [-0.3, -0.25) is 0 Å². The Morgan fingerprint density at radius 2 is 2.29 bits per heavy atom. The molecule has 1 heterocycles. The molecule has 1 aliphatic heterocycles. The van der Waals surface area contributed by atoms with Gasteiger partial charge >= 0.3 is 0 Å². The summed E-state index contributed by atoms with van der Waals surface area (Å²) in [7, 11) is 0. The van der Waals surface area contributed by atoms with E-state index in [-0.39, 0.29) is 0 Å². The van der Waals surface area contributed by atoms with Crippen molar-refractivity contribution in [1.29, 1.82) is 0 Å². The van der Waals surface area contributed by atoms with E-state index in [1.807, 2.05) is 30.0 Å². The molecule has 3 heteroatoms. The zero-order valence-electron chi connectivity index (χ0n) is 8.07. The fourth-order valence-electron chi connectivity index (χ4n) is 1.61. The van der Waals surface area contributed by atoms with Crippen LogP contribution in [0.3, 0.4) is 0 Å². The molecule has 1 aromatic rings. The molecule has 0 aliphatic carbocycles. The van der Waals surface area contributed by atoms with Crippen molar-refractivity contribution in [2.45, 2.75) is 17.4 Å². The van der Waals surface area contributed by atoms with Crippen molar-refractivity contribution >= 4 is 11.8 Å². The van der Waals surface area contributed by atoms with Crippen LogP contribution in [0.2, 0.25) is 0 Å². The van der Waals surface area contributed by atoms with Gasteiger partial charge in [-0.1, -0.05) is 18.2 Å². The Hall–Kier alpha value is -0.670. The number of nitrogens with one attached hydrogen (secondary N) is 1. The normalized spacial score (nSPS) is 21.3. The lowest BCUT2D eigenvalue weighted by atomic mass is 10.2. The summed E-state index contributed by atoms with van der Waals surface area (Å²) in [5.74, 6) is 1.34. The van der Waals surface area contributed by atoms with Gasteiger partial charge in [0.1, 0.15) is 5.75 Å². The standard InChI is InChI=1S/C11H15NOS/c13-11-4-2-1-3-9(11)8-14-10-5-6-12-7-10/h1-4,10,12-13H,5-8H2. The van der Waals surface area contributed by atoms with E-state index >= 15 is 0 Å². The lowest BCUT2D eigenvalue weighted by Gasteiger charge is -2.08. The average molecular weight is 209 g/mol. The lowest BCUT2D eigenvalue weighted by Crippen LogP contribution is -2.10. The number of benzene rings is 1. The summed E-state index contributed by atoms with van der Waals surface area (Å²) in [6, 6.07) is 7.58. The van der Waals surface area contributed by atoms with Gasteiger partial charge in [0.05, 0.1) is 0 Å². The molecule has 0 bridgehead atoms. The molecule has 1 aromatic carbocycles. The van der Waals surface area contributed by atoms with Crippen LogP contribution in [0, 0.1) is 0 Å². The fourth-order valence-corrected chi connectivity index (χ4v) is 2.79. The molecule has 0 saturated carbocycles. The van der Waals surface area contributed by atoms with Crippen molar-refractivity contribution in [3.8, 4) is 5.75 Å². The zero-order valence-corrected chi connectivity index (χ0v) is 8.89. The summed E-state index contributed by atoms with van der Waals surface area (Å²) in [6.45, 7) is 2.25. The molecule has 1 aliphatic rings. The summed E-state index contributed by atoms with van der Waals surface area (Å²) in [5.41, 5.74) is 1.05. The van der Waals surface area contributed by atoms with E-state index in [0.29, 0.717) is 5.75 Å². The molecule has 2 rings (SSSR count). The second-order valence-electron chi connectivity index (χ2n) is 3.55. The molecule has 1 atom stereocenters. The molecule has 76 valence electrons. The Morgan fingerprint density at radius 3 is 3.00 bits per heavy atom. The molecule has 2 nitrogen and oxygen atoms in total. The number of hydrogen-bond donors (Lipinski definition) is 2. The third kappa shape index (κ3) is 2.42. The van der Waals surface area contributed by atoms with Crippen LogP contribution >= 0.6 is 11.8 Å². The Labute approximate surface area is 88.7 Å². The summed E-state index contributed by atoms with van der Waals surface area (Å²) in [6.07, 6.45) is 1.25. The highest BCUT2D eigenvalue weighted by molar-refractivity contribution is 7.99. The molecule has 0 aromatic heterocycles. The van der Waals surface area contributed by atoms with Gasteiger partial charge in [-0.15, -0.1) is 0 Å². The third-order valence-electron chi connectivity index (χ3n) is 2.48. The molecule has 1 unspecified atom stereocenters. The average Bonchev–Trinajstić information content (AvgIpc) is 2.69. The van der Waals surface area contributed by atoms with E-state index in [1.54, 1.807) is 6.07 Å². The van der Waals surface area contributed by atoms with Crippen LogP contribution in [0.1, 0.15) is 12.0 Å². The summed E-state index contributed by atoms with van der Waals surface area (Å²) in [5, 5.41) is 13.6. The van der Waals surface area contributed by atoms with Crippen molar-refractivity contribution in [3.63, 3.8) is 0 Å². The Balaban J connectivity index is 1.88. The molecular formula is C11H15NOS. The van der Waals surface area contributed by atoms with E-state index in [2.05, 4.69) is 5.32 Å². The van der Waals surface area contributed by atoms with Crippen LogP contribution in [-0.4, -0.2) is 23.4 Å². The van der Waals surface area contributed by atoms with E-state index in [9.17, 15) is 5.11 Å². The molecule has 1 saturated heterocycles. The smallest absolute Gasteiger partial charge is 0.119 e. The largest absolute Gasteiger partial charge is 0.508 e. The number of thioether (sulfide) groups is 1. The van der Waals surface area contributed by atoms with Crippen LogP contribution in [0.25, 0.3) is 0 Å². The van der Waals surface area contributed by atoms with Gasteiger partial charge < -0.3 is 10.4 Å². The van der Waals surface area contributed by atoms with E-state index in [1.165, 1.54) is 6.42 Å². The minimum Gasteiger partial charge on any atom is -0.508 e. The number of rotatable bonds is 3. The van der Waals surface area contributed by atoms with Gasteiger partial charge in [0.2, 0.25) is 0 Å². The Kier molecular flexibility index (Phi) is 3.32. The quantitative estimate of drug-likeness (QED) is 0.798. The maximum Gasteiger partial charge on any atom is 0.119 e. The first kappa shape index (κ1) is 9.87. The van der Waals surface area contributed by atoms with Crippen LogP contribution in [0.5, 0.6) is 5.75 Å². The van der Waals surface area contributed by atoms with Gasteiger partial charge in [0.15, 0.2) is 0 Å². The SMILES string of the molecule is Oc1ccccc1CSC1CCNC1. The summed E-state index contributed by atoms with van der Waals surface area (Å²) in [4.78, 5) is 0. The van der Waals surface area contributed by atoms with Crippen molar-refractivity contribution < 1.29 is 5.11 Å². The number of phenolic OH excluding ortho intramolecular Hbond substituents is 1. The zero-order chi connectivity index (χ0) is 9.80. The first-order valence-electron chi connectivity index (χ1n) is 4.95. The van der Waals surface area contributed by atoms with E-state index in [4.69, 9.17) is 0 Å². The number of hydrogen-bond acceptors (Lipinski definition) is 3. The van der Waals surface area contributed by atoms with Crippen LogP contribution in [0.4, 0.5) is 0 Å². The number of aromatic hydroxyl groups is 1. The van der Waals surface area contributed by atoms with E-state index < -0.39 is 0 Å². The molecule has 2 N–H and O–H groups in total. The van der Waals surface area contributed by atoms with Crippen molar-refractivity contribution in [1.82, 2.24) is 5.32 Å². The highest BCUT2D eigenvalue weighted by Gasteiger charge is 2.14. The highest BCUT2D eigenvalue weighted by atomic mass is 32.2. The van der Waals surface area contributed by atoms with Crippen molar-refractivity contribution in [2.75, 3.05) is 13.1 Å². The molecule has 0 radical (unpaired) electrons. The Bertz CT molecular complexity index is 297. The van der Waals surface area contributed by atoms with Gasteiger partial charge in [0, 0.05) is 23.1 Å². The molecule has 0 amide bonds. The van der Waals surface area contributed by atoms with Crippen LogP contribution in [-0.2, 0) is 5.75 Å². The van der Waals surface area contributed by atoms with Gasteiger partial charge in [-0.25, -0.2) is 0 Å². The minimum absolute atomic E-state index is 0.422. The van der Waals surface area contributed by atoms with Gasteiger partial charge in [0.25, 0.3) is 0 Å². The van der Waals surface area contributed by atoms with Gasteiger partial charge in [-0.2, -0.15) is 11.8 Å². The first-order chi connectivity index (χ1) is 6.86. The number of phenols is 1. The second-order valence-corrected chi connectivity index (χ2v) is 4.84. The van der Waals surface area contributed by atoms with Crippen LogP contribution < -0.4 is 5.32 Å². The second kappa shape index (κ2) is 4.71. The van der Waals surface area contributed by atoms with E-state index in [0.717, 1.165) is 29.7 Å². The Morgan fingerprint density at radius 1 is 1.43 bits per heavy atom. The van der Waals surface area contributed by atoms with Crippen molar-refractivity contribution in [3.05, 3.63) is 29.8 Å². The number of para-hydroxylation sites is 1. The predicted molar refractivity (Wildman–Crippen MR) is 60.7 cm³/mol. The van der Waals surface area contributed by atoms with Crippen LogP contribution in [0.15, 0.2) is 24.3 Å². The summed E-state index contributed by atoms with van der Waals surface area (Å²) >= 11 is 1.93. The lowest BCUT2D eigenvalue weighted by molar-refractivity contribution is 0.470. The third-order valence-corrected chi connectivity index (χ3v) is 3.83. The van der Waals surface area contributed by atoms with Crippen molar-refractivity contribution in [2.24, 2.45) is 0 Å². The maximum absolute atomic E-state index is 9.56. The molecule has 1 fully saturated rings.